The summed E-state index contributed by atoms with van der Waals surface area (Å²) in [4.78, 5) is 1.28. The molecule has 3 N–H and O–H groups in total. The third kappa shape index (κ3) is 1.34. The normalized spacial score (nSPS) is 10.8. The van der Waals surface area contributed by atoms with Gasteiger partial charge in [-0.15, -0.1) is 11.3 Å². The van der Waals surface area contributed by atoms with Crippen LogP contribution < -0.4 is 11.3 Å². The second-order valence-corrected chi connectivity index (χ2v) is 3.80. The van der Waals surface area contributed by atoms with Crippen molar-refractivity contribution < 1.29 is 0 Å². The number of nitrogens with one attached hydrogen (secondary N) is 1. The lowest BCUT2D eigenvalue weighted by Gasteiger charge is -1.89. The third-order valence-electron chi connectivity index (χ3n) is 1.75. The molecular formula is C9H10N2S. The monoisotopic (exact) mass is 178 g/mol. The lowest BCUT2D eigenvalue weighted by Crippen LogP contribution is -2.19. The molecule has 2 rings (SSSR count). The molecule has 3 heteroatoms. The fourth-order valence-corrected chi connectivity index (χ4v) is 2.24. The fraction of sp³-hybridized carbons (Fsp3) is 0.111. The minimum atomic E-state index is 0.749. The lowest BCUT2D eigenvalue weighted by molar-refractivity contribution is 0.751. The Labute approximate surface area is 75.0 Å². The molecule has 0 atom stereocenters. The van der Waals surface area contributed by atoms with E-state index in [2.05, 4.69) is 35.8 Å². The van der Waals surface area contributed by atoms with Gasteiger partial charge < -0.3 is 0 Å². The van der Waals surface area contributed by atoms with Crippen molar-refractivity contribution in [2.45, 2.75) is 6.54 Å². The Kier molecular flexibility index (Phi) is 2.08. The maximum Gasteiger partial charge on any atom is 0.0443 e. The van der Waals surface area contributed by atoms with Crippen LogP contribution in [0.15, 0.2) is 30.3 Å². The van der Waals surface area contributed by atoms with Crippen LogP contribution in [0.1, 0.15) is 4.88 Å². The van der Waals surface area contributed by atoms with Gasteiger partial charge in [-0.3, -0.25) is 11.3 Å². The van der Waals surface area contributed by atoms with Gasteiger partial charge in [0, 0.05) is 16.1 Å². The number of hydrogen-bond donors (Lipinski definition) is 2. The van der Waals surface area contributed by atoms with Crippen LogP contribution in [-0.2, 0) is 6.54 Å². The van der Waals surface area contributed by atoms with Crippen molar-refractivity contribution in [3.63, 3.8) is 0 Å². The standard InChI is InChI=1S/C9H10N2S/c10-11-6-8-5-7-3-1-2-4-9(7)12-8/h1-5,11H,6,10H2. The van der Waals surface area contributed by atoms with Crippen LogP contribution in [0.4, 0.5) is 0 Å². The van der Waals surface area contributed by atoms with Crippen LogP contribution in [0.5, 0.6) is 0 Å². The van der Waals surface area contributed by atoms with Crippen LogP contribution in [0.2, 0.25) is 0 Å². The molecule has 0 aliphatic carbocycles. The summed E-state index contributed by atoms with van der Waals surface area (Å²) in [5.74, 6) is 5.24. The summed E-state index contributed by atoms with van der Waals surface area (Å²) in [5.41, 5.74) is 2.66. The number of fused-ring (bicyclic) bond motifs is 1. The van der Waals surface area contributed by atoms with E-state index in [1.807, 2.05) is 0 Å². The predicted molar refractivity (Wildman–Crippen MR) is 52.9 cm³/mol. The highest BCUT2D eigenvalue weighted by atomic mass is 32.1. The third-order valence-corrected chi connectivity index (χ3v) is 2.87. The van der Waals surface area contributed by atoms with Gasteiger partial charge in [0.25, 0.3) is 0 Å². The highest BCUT2D eigenvalue weighted by molar-refractivity contribution is 7.19. The SMILES string of the molecule is NNCc1cc2ccccc2s1. The molecule has 2 nitrogen and oxygen atoms in total. The number of hydrazine groups is 1. The molecule has 1 aromatic carbocycles. The van der Waals surface area contributed by atoms with Crippen molar-refractivity contribution in [3.8, 4) is 0 Å². The van der Waals surface area contributed by atoms with Gasteiger partial charge in [0.1, 0.15) is 0 Å². The van der Waals surface area contributed by atoms with E-state index in [0.29, 0.717) is 0 Å². The zero-order valence-electron chi connectivity index (χ0n) is 6.58. The number of benzene rings is 1. The Morgan fingerprint density at radius 3 is 2.92 bits per heavy atom. The zero-order valence-corrected chi connectivity index (χ0v) is 7.40. The Morgan fingerprint density at radius 2 is 2.17 bits per heavy atom. The topological polar surface area (TPSA) is 38.0 Å². The second-order valence-electron chi connectivity index (χ2n) is 2.63. The van der Waals surface area contributed by atoms with Gasteiger partial charge in [-0.1, -0.05) is 18.2 Å². The highest BCUT2D eigenvalue weighted by Crippen LogP contribution is 2.24. The molecule has 0 bridgehead atoms. The number of thiophene rings is 1. The summed E-state index contributed by atoms with van der Waals surface area (Å²) >= 11 is 1.78. The summed E-state index contributed by atoms with van der Waals surface area (Å²) in [5, 5.41) is 1.30. The van der Waals surface area contributed by atoms with E-state index >= 15 is 0 Å². The Morgan fingerprint density at radius 1 is 1.33 bits per heavy atom. The van der Waals surface area contributed by atoms with Gasteiger partial charge in [-0.2, -0.15) is 0 Å². The first-order chi connectivity index (χ1) is 5.90. The maximum absolute atomic E-state index is 5.24. The van der Waals surface area contributed by atoms with Gasteiger partial charge >= 0.3 is 0 Å². The van der Waals surface area contributed by atoms with Crippen LogP contribution in [0.3, 0.4) is 0 Å². The molecule has 0 aliphatic rings. The summed E-state index contributed by atoms with van der Waals surface area (Å²) in [6.45, 7) is 0.749. The molecule has 62 valence electrons. The van der Waals surface area contributed by atoms with Crippen LogP contribution >= 0.6 is 11.3 Å². The number of nitrogens with two attached hydrogens (primary N) is 1. The predicted octanol–water partition coefficient (Wildman–Crippen LogP) is 1.86. The van der Waals surface area contributed by atoms with E-state index in [9.17, 15) is 0 Å². The quantitative estimate of drug-likeness (QED) is 0.544. The van der Waals surface area contributed by atoms with Gasteiger partial charge in [0.2, 0.25) is 0 Å². The molecule has 2 aromatic rings. The van der Waals surface area contributed by atoms with E-state index in [1.54, 1.807) is 11.3 Å². The fourth-order valence-electron chi connectivity index (χ4n) is 1.22. The van der Waals surface area contributed by atoms with Gasteiger partial charge in [0.05, 0.1) is 0 Å². The number of hydrogen-bond acceptors (Lipinski definition) is 3. The minimum absolute atomic E-state index is 0.749. The first kappa shape index (κ1) is 7.73. The van der Waals surface area contributed by atoms with Crippen molar-refractivity contribution >= 4 is 21.4 Å². The van der Waals surface area contributed by atoms with Crippen molar-refractivity contribution in [2.24, 2.45) is 5.84 Å². The first-order valence-electron chi connectivity index (χ1n) is 3.81. The van der Waals surface area contributed by atoms with Gasteiger partial charge in [0.15, 0.2) is 0 Å². The van der Waals surface area contributed by atoms with E-state index < -0.39 is 0 Å². The minimum Gasteiger partial charge on any atom is -0.271 e. The van der Waals surface area contributed by atoms with Crippen molar-refractivity contribution in [1.29, 1.82) is 0 Å². The largest absolute Gasteiger partial charge is 0.271 e. The number of rotatable bonds is 2. The Bertz CT molecular complexity index is 348. The van der Waals surface area contributed by atoms with E-state index in [0.717, 1.165) is 6.54 Å². The molecule has 1 heterocycles. The average molecular weight is 178 g/mol. The van der Waals surface area contributed by atoms with Crippen LogP contribution in [0, 0.1) is 0 Å². The van der Waals surface area contributed by atoms with E-state index in [-0.39, 0.29) is 0 Å². The van der Waals surface area contributed by atoms with Crippen LogP contribution in [0.25, 0.3) is 10.1 Å². The molecule has 0 fully saturated rings. The van der Waals surface area contributed by atoms with Crippen LogP contribution in [-0.4, -0.2) is 0 Å². The first-order valence-corrected chi connectivity index (χ1v) is 4.63. The Hall–Kier alpha value is -0.900. The van der Waals surface area contributed by atoms with E-state index in [4.69, 9.17) is 5.84 Å². The van der Waals surface area contributed by atoms with E-state index in [1.165, 1.54) is 15.0 Å². The lowest BCUT2D eigenvalue weighted by atomic mass is 10.2. The molecular weight excluding hydrogens is 168 g/mol. The summed E-state index contributed by atoms with van der Waals surface area (Å²) < 4.78 is 1.32. The summed E-state index contributed by atoms with van der Waals surface area (Å²) in [6, 6.07) is 10.5. The highest BCUT2D eigenvalue weighted by Gasteiger charge is 1.98. The van der Waals surface area contributed by atoms with Gasteiger partial charge in [-0.05, 0) is 17.5 Å². The maximum atomic E-state index is 5.24. The smallest absolute Gasteiger partial charge is 0.0443 e. The molecule has 0 spiro atoms. The van der Waals surface area contributed by atoms with Crippen molar-refractivity contribution in [2.75, 3.05) is 0 Å². The van der Waals surface area contributed by atoms with Crippen molar-refractivity contribution in [1.82, 2.24) is 5.43 Å². The van der Waals surface area contributed by atoms with Gasteiger partial charge in [-0.25, -0.2) is 0 Å². The zero-order chi connectivity index (χ0) is 8.39. The summed E-state index contributed by atoms with van der Waals surface area (Å²) in [7, 11) is 0. The Balaban J connectivity index is 2.47. The second kappa shape index (κ2) is 3.23. The summed E-state index contributed by atoms with van der Waals surface area (Å²) in [6.07, 6.45) is 0. The molecule has 0 saturated heterocycles. The molecule has 0 amide bonds. The molecule has 1 aromatic heterocycles. The molecule has 12 heavy (non-hydrogen) atoms. The molecule has 0 unspecified atom stereocenters. The molecule has 0 saturated carbocycles. The molecule has 0 radical (unpaired) electrons. The molecule has 0 aliphatic heterocycles. The average Bonchev–Trinajstić information content (AvgIpc) is 2.47. The van der Waals surface area contributed by atoms with Crippen molar-refractivity contribution in [3.05, 3.63) is 35.2 Å².